The zero-order valence-corrected chi connectivity index (χ0v) is 24.2. The summed E-state index contributed by atoms with van der Waals surface area (Å²) in [4.78, 5) is 0. The Hall–Kier alpha value is 0.880. The summed E-state index contributed by atoms with van der Waals surface area (Å²) in [6.07, 6.45) is 28.7. The van der Waals surface area contributed by atoms with Crippen LogP contribution < -0.4 is 10.6 Å². The van der Waals surface area contributed by atoms with Crippen molar-refractivity contribution in [2.24, 2.45) is 0 Å². The van der Waals surface area contributed by atoms with E-state index in [0.717, 1.165) is 0 Å². The second kappa shape index (κ2) is 34.5. The van der Waals surface area contributed by atoms with Crippen molar-refractivity contribution < 1.29 is 0 Å². The van der Waals surface area contributed by atoms with Gasteiger partial charge >= 0.3 is 0 Å². The fourth-order valence-electron chi connectivity index (χ4n) is 3.93. The van der Waals surface area contributed by atoms with Crippen molar-refractivity contribution >= 4 is 34.0 Å². The molecule has 0 spiro atoms. The molecule has 0 aromatic heterocycles. The van der Waals surface area contributed by atoms with Crippen molar-refractivity contribution in [1.82, 2.24) is 10.6 Å². The molecular formula is C26H58Br2N2. The van der Waals surface area contributed by atoms with Gasteiger partial charge in [-0.3, -0.25) is 0 Å². The monoisotopic (exact) mass is 556 g/mol. The first kappa shape index (κ1) is 35.5. The minimum absolute atomic E-state index is 0. The van der Waals surface area contributed by atoms with E-state index in [2.05, 4.69) is 24.5 Å². The maximum absolute atomic E-state index is 3.50. The van der Waals surface area contributed by atoms with E-state index in [0.29, 0.717) is 0 Å². The van der Waals surface area contributed by atoms with E-state index in [1.54, 1.807) is 0 Å². The third-order valence-corrected chi connectivity index (χ3v) is 5.81. The first-order valence-electron chi connectivity index (χ1n) is 13.3. The van der Waals surface area contributed by atoms with E-state index in [1.807, 2.05) is 0 Å². The van der Waals surface area contributed by atoms with Crippen LogP contribution in [-0.4, -0.2) is 26.2 Å². The van der Waals surface area contributed by atoms with Crippen LogP contribution in [-0.2, 0) is 0 Å². The first-order chi connectivity index (χ1) is 13.9. The number of nitrogens with one attached hydrogen (secondary N) is 2. The van der Waals surface area contributed by atoms with Crippen molar-refractivity contribution in [2.75, 3.05) is 26.2 Å². The Bertz CT molecular complexity index is 239. The zero-order chi connectivity index (χ0) is 20.4. The Kier molecular flexibility index (Phi) is 40.8. The summed E-state index contributed by atoms with van der Waals surface area (Å²) in [5, 5.41) is 6.99. The van der Waals surface area contributed by atoms with Gasteiger partial charge in [0.1, 0.15) is 0 Å². The Balaban J connectivity index is -0.00000364. The lowest BCUT2D eigenvalue weighted by Gasteiger charge is -2.05. The maximum atomic E-state index is 3.50. The molecule has 186 valence electrons. The SMILES string of the molecule is Br.Br.CCCNCCCCCCCCCCCCCCCCCCCCNCCC. The van der Waals surface area contributed by atoms with Crippen LogP contribution in [0.4, 0.5) is 0 Å². The second-order valence-electron chi connectivity index (χ2n) is 8.86. The number of rotatable bonds is 25. The summed E-state index contributed by atoms with van der Waals surface area (Å²) in [6, 6.07) is 0. The molecule has 0 amide bonds. The number of hydrogen-bond acceptors (Lipinski definition) is 2. The molecule has 0 saturated heterocycles. The van der Waals surface area contributed by atoms with E-state index in [9.17, 15) is 0 Å². The lowest BCUT2D eigenvalue weighted by molar-refractivity contribution is 0.518. The molecular weight excluding hydrogens is 500 g/mol. The standard InChI is InChI=1S/C26H56N2.2BrH/c1-3-23-27-25-21-19-17-15-13-11-9-7-5-6-8-10-12-14-16-18-20-22-26-28-24-4-2;;/h27-28H,3-26H2,1-2H3;2*1H. The highest BCUT2D eigenvalue weighted by Gasteiger charge is 1.95. The Morgan fingerprint density at radius 2 is 0.500 bits per heavy atom. The third-order valence-electron chi connectivity index (χ3n) is 5.81. The summed E-state index contributed by atoms with van der Waals surface area (Å²) >= 11 is 0. The fourth-order valence-corrected chi connectivity index (χ4v) is 3.93. The fraction of sp³-hybridized carbons (Fsp3) is 1.00. The summed E-state index contributed by atoms with van der Waals surface area (Å²) in [7, 11) is 0. The van der Waals surface area contributed by atoms with Crippen molar-refractivity contribution in [3.63, 3.8) is 0 Å². The molecule has 0 aliphatic rings. The van der Waals surface area contributed by atoms with Crippen LogP contribution in [0.25, 0.3) is 0 Å². The lowest BCUT2D eigenvalue weighted by Crippen LogP contribution is -2.15. The van der Waals surface area contributed by atoms with Gasteiger partial charge in [0.25, 0.3) is 0 Å². The summed E-state index contributed by atoms with van der Waals surface area (Å²) < 4.78 is 0. The van der Waals surface area contributed by atoms with Crippen LogP contribution in [0.3, 0.4) is 0 Å². The van der Waals surface area contributed by atoms with Crippen LogP contribution in [0.15, 0.2) is 0 Å². The van der Waals surface area contributed by atoms with Gasteiger partial charge in [-0.05, 0) is 51.9 Å². The van der Waals surface area contributed by atoms with E-state index in [-0.39, 0.29) is 34.0 Å². The van der Waals surface area contributed by atoms with Gasteiger partial charge in [0.15, 0.2) is 0 Å². The first-order valence-corrected chi connectivity index (χ1v) is 13.3. The van der Waals surface area contributed by atoms with Crippen LogP contribution >= 0.6 is 34.0 Å². The lowest BCUT2D eigenvalue weighted by atomic mass is 10.0. The maximum Gasteiger partial charge on any atom is -0.00489 e. The van der Waals surface area contributed by atoms with Gasteiger partial charge in [0.2, 0.25) is 0 Å². The van der Waals surface area contributed by atoms with Crippen molar-refractivity contribution in [2.45, 2.75) is 142 Å². The van der Waals surface area contributed by atoms with Crippen molar-refractivity contribution in [1.29, 1.82) is 0 Å². The van der Waals surface area contributed by atoms with Gasteiger partial charge < -0.3 is 10.6 Å². The van der Waals surface area contributed by atoms with E-state index in [1.165, 1.54) is 155 Å². The van der Waals surface area contributed by atoms with Crippen LogP contribution in [0.1, 0.15) is 142 Å². The van der Waals surface area contributed by atoms with Crippen LogP contribution in [0.5, 0.6) is 0 Å². The molecule has 0 rings (SSSR count). The second-order valence-corrected chi connectivity index (χ2v) is 8.86. The molecule has 0 aliphatic carbocycles. The number of unbranched alkanes of at least 4 members (excludes halogenated alkanes) is 17. The summed E-state index contributed by atoms with van der Waals surface area (Å²) in [6.45, 7) is 9.32. The molecule has 0 heterocycles. The molecule has 0 aromatic rings. The predicted octanol–water partition coefficient (Wildman–Crippen LogP) is 9.16. The Morgan fingerprint density at radius 1 is 0.300 bits per heavy atom. The van der Waals surface area contributed by atoms with Gasteiger partial charge in [-0.2, -0.15) is 0 Å². The molecule has 0 saturated carbocycles. The van der Waals surface area contributed by atoms with Crippen LogP contribution in [0, 0.1) is 0 Å². The topological polar surface area (TPSA) is 24.1 Å². The minimum Gasteiger partial charge on any atom is -0.317 e. The molecule has 2 N–H and O–H groups in total. The molecule has 0 fully saturated rings. The normalized spacial score (nSPS) is 10.6. The van der Waals surface area contributed by atoms with E-state index in [4.69, 9.17) is 0 Å². The Labute approximate surface area is 212 Å². The van der Waals surface area contributed by atoms with Gasteiger partial charge in [-0.15, -0.1) is 34.0 Å². The molecule has 4 heteroatoms. The van der Waals surface area contributed by atoms with Crippen molar-refractivity contribution in [3.05, 3.63) is 0 Å². The summed E-state index contributed by atoms with van der Waals surface area (Å²) in [5.41, 5.74) is 0. The molecule has 0 aromatic carbocycles. The quantitative estimate of drug-likeness (QED) is 0.109. The van der Waals surface area contributed by atoms with Gasteiger partial charge in [0.05, 0.1) is 0 Å². The smallest absolute Gasteiger partial charge is 0.00489 e. The molecule has 30 heavy (non-hydrogen) atoms. The summed E-state index contributed by atoms with van der Waals surface area (Å²) in [5.74, 6) is 0. The van der Waals surface area contributed by atoms with Gasteiger partial charge in [-0.25, -0.2) is 0 Å². The van der Waals surface area contributed by atoms with Crippen molar-refractivity contribution in [3.8, 4) is 0 Å². The molecule has 0 radical (unpaired) electrons. The highest BCUT2D eigenvalue weighted by Crippen LogP contribution is 2.14. The van der Waals surface area contributed by atoms with E-state index < -0.39 is 0 Å². The number of halogens is 2. The molecule has 0 bridgehead atoms. The highest BCUT2D eigenvalue weighted by molar-refractivity contribution is 8.93. The highest BCUT2D eigenvalue weighted by atomic mass is 79.9. The minimum atomic E-state index is 0. The third kappa shape index (κ3) is 33.5. The van der Waals surface area contributed by atoms with Gasteiger partial charge in [0, 0.05) is 0 Å². The molecule has 0 unspecified atom stereocenters. The average molecular weight is 559 g/mol. The molecule has 0 atom stereocenters. The van der Waals surface area contributed by atoms with E-state index >= 15 is 0 Å². The Morgan fingerprint density at radius 3 is 0.700 bits per heavy atom. The van der Waals surface area contributed by atoms with Gasteiger partial charge in [-0.1, -0.05) is 117 Å². The number of hydrogen-bond donors (Lipinski definition) is 2. The van der Waals surface area contributed by atoms with Crippen LogP contribution in [0.2, 0.25) is 0 Å². The molecule has 0 aliphatic heterocycles. The predicted molar refractivity (Wildman–Crippen MR) is 150 cm³/mol. The zero-order valence-electron chi connectivity index (χ0n) is 20.8. The average Bonchev–Trinajstić information content (AvgIpc) is 2.71. The largest absolute Gasteiger partial charge is 0.317 e. The molecule has 2 nitrogen and oxygen atoms in total.